The van der Waals surface area contributed by atoms with Crippen molar-refractivity contribution in [3.05, 3.63) is 12.3 Å². The van der Waals surface area contributed by atoms with E-state index in [0.29, 0.717) is 6.42 Å². The molecule has 0 amide bonds. The molecule has 6 heteroatoms. The summed E-state index contributed by atoms with van der Waals surface area (Å²) in [5.74, 6) is 0.315. The number of hydrogen-bond acceptors (Lipinski definition) is 5. The van der Waals surface area contributed by atoms with Crippen LogP contribution in [0.15, 0.2) is 17.4 Å². The highest BCUT2D eigenvalue weighted by molar-refractivity contribution is 7.91. The second-order valence-electron chi connectivity index (χ2n) is 2.70. The van der Waals surface area contributed by atoms with Crippen LogP contribution < -0.4 is 4.74 Å². The largest absolute Gasteiger partial charge is 0.481 e. The molecule has 0 saturated heterocycles. The number of nitrogens with zero attached hydrogens (tertiary/aromatic N) is 2. The molecule has 1 aromatic heterocycles. The van der Waals surface area contributed by atoms with E-state index in [2.05, 4.69) is 9.97 Å². The van der Waals surface area contributed by atoms with E-state index in [-0.39, 0.29) is 16.8 Å². The zero-order valence-corrected chi connectivity index (χ0v) is 8.91. The standard InChI is InChI=1S/C8H12N2O3S/c1-3-6-14(11,12)8-9-5-4-7(10-8)13-2/h4-5H,3,6H2,1-2H3. The molecule has 0 aliphatic heterocycles. The van der Waals surface area contributed by atoms with E-state index in [9.17, 15) is 8.42 Å². The van der Waals surface area contributed by atoms with Crippen molar-refractivity contribution in [1.29, 1.82) is 0 Å². The van der Waals surface area contributed by atoms with E-state index in [1.54, 1.807) is 6.92 Å². The Balaban J connectivity index is 3.07. The van der Waals surface area contributed by atoms with Gasteiger partial charge in [-0.3, -0.25) is 0 Å². The van der Waals surface area contributed by atoms with E-state index >= 15 is 0 Å². The second-order valence-corrected chi connectivity index (χ2v) is 4.70. The van der Waals surface area contributed by atoms with Crippen molar-refractivity contribution in [3.8, 4) is 5.88 Å². The number of aromatic nitrogens is 2. The SMILES string of the molecule is CCCS(=O)(=O)c1nccc(OC)n1. The summed E-state index contributed by atoms with van der Waals surface area (Å²) < 4.78 is 27.9. The Bertz CT molecular complexity index is 403. The fraction of sp³-hybridized carbons (Fsp3) is 0.500. The summed E-state index contributed by atoms with van der Waals surface area (Å²) in [5.41, 5.74) is 0. The molecule has 0 saturated carbocycles. The van der Waals surface area contributed by atoms with E-state index in [1.165, 1.54) is 19.4 Å². The van der Waals surface area contributed by atoms with Crippen molar-refractivity contribution in [2.24, 2.45) is 0 Å². The van der Waals surface area contributed by atoms with Crippen molar-refractivity contribution in [3.63, 3.8) is 0 Å². The molecular formula is C8H12N2O3S. The fourth-order valence-electron chi connectivity index (χ4n) is 0.949. The zero-order chi connectivity index (χ0) is 10.6. The van der Waals surface area contributed by atoms with Crippen LogP contribution in [-0.2, 0) is 9.84 Å². The molecule has 14 heavy (non-hydrogen) atoms. The van der Waals surface area contributed by atoms with Crippen LogP contribution in [0.3, 0.4) is 0 Å². The number of methoxy groups -OCH3 is 1. The lowest BCUT2D eigenvalue weighted by Gasteiger charge is -2.02. The summed E-state index contributed by atoms with van der Waals surface area (Å²) >= 11 is 0. The van der Waals surface area contributed by atoms with Crippen molar-refractivity contribution < 1.29 is 13.2 Å². The molecule has 0 N–H and O–H groups in total. The quantitative estimate of drug-likeness (QED) is 0.692. The number of ether oxygens (including phenoxy) is 1. The second kappa shape index (κ2) is 4.36. The Labute approximate surface area is 83.1 Å². The molecule has 1 heterocycles. The lowest BCUT2D eigenvalue weighted by atomic mass is 10.6. The Kier molecular flexibility index (Phi) is 3.40. The van der Waals surface area contributed by atoms with Crippen molar-refractivity contribution in [2.45, 2.75) is 18.5 Å². The topological polar surface area (TPSA) is 69.2 Å². The van der Waals surface area contributed by atoms with Crippen LogP contribution in [0.5, 0.6) is 5.88 Å². The molecule has 0 fully saturated rings. The maximum atomic E-state index is 11.5. The molecule has 1 aromatic rings. The van der Waals surface area contributed by atoms with Gasteiger partial charge >= 0.3 is 0 Å². The number of sulfone groups is 1. The van der Waals surface area contributed by atoms with Crippen molar-refractivity contribution in [1.82, 2.24) is 9.97 Å². The van der Waals surface area contributed by atoms with Crippen LogP contribution in [-0.4, -0.2) is 31.2 Å². The molecule has 0 atom stereocenters. The Hall–Kier alpha value is -1.17. The van der Waals surface area contributed by atoms with E-state index in [4.69, 9.17) is 4.74 Å². The molecule has 0 bridgehead atoms. The summed E-state index contributed by atoms with van der Waals surface area (Å²) in [7, 11) is -1.92. The molecule has 0 radical (unpaired) electrons. The summed E-state index contributed by atoms with van der Waals surface area (Å²) in [4.78, 5) is 7.46. The molecule has 0 unspecified atom stereocenters. The van der Waals surface area contributed by atoms with Crippen LogP contribution >= 0.6 is 0 Å². The normalized spacial score (nSPS) is 11.3. The molecule has 5 nitrogen and oxygen atoms in total. The molecule has 0 aliphatic carbocycles. The van der Waals surface area contributed by atoms with Crippen LogP contribution in [0, 0.1) is 0 Å². The predicted octanol–water partition coefficient (Wildman–Crippen LogP) is 0.669. The molecular weight excluding hydrogens is 204 g/mol. The summed E-state index contributed by atoms with van der Waals surface area (Å²) in [6.45, 7) is 1.79. The number of hydrogen-bond donors (Lipinski definition) is 0. The van der Waals surface area contributed by atoms with Gasteiger partial charge in [-0.05, 0) is 6.42 Å². The Morgan fingerprint density at radius 2 is 2.21 bits per heavy atom. The zero-order valence-electron chi connectivity index (χ0n) is 8.10. The molecule has 1 rings (SSSR count). The summed E-state index contributed by atoms with van der Waals surface area (Å²) in [6.07, 6.45) is 1.91. The molecule has 0 spiro atoms. The van der Waals surface area contributed by atoms with Gasteiger partial charge in [0.05, 0.1) is 12.9 Å². The van der Waals surface area contributed by atoms with Gasteiger partial charge in [0.2, 0.25) is 20.9 Å². The van der Waals surface area contributed by atoms with Gasteiger partial charge in [0.15, 0.2) is 0 Å². The van der Waals surface area contributed by atoms with Gasteiger partial charge in [-0.2, -0.15) is 4.98 Å². The highest BCUT2D eigenvalue weighted by Gasteiger charge is 2.16. The van der Waals surface area contributed by atoms with Crippen LogP contribution in [0.25, 0.3) is 0 Å². The molecule has 78 valence electrons. The lowest BCUT2D eigenvalue weighted by Crippen LogP contribution is -2.10. The van der Waals surface area contributed by atoms with E-state index < -0.39 is 9.84 Å². The highest BCUT2D eigenvalue weighted by Crippen LogP contribution is 2.10. The molecule has 0 aliphatic rings. The van der Waals surface area contributed by atoms with Crippen molar-refractivity contribution >= 4 is 9.84 Å². The summed E-state index contributed by atoms with van der Waals surface area (Å²) in [6, 6.07) is 1.50. The van der Waals surface area contributed by atoms with Crippen LogP contribution in [0.4, 0.5) is 0 Å². The minimum absolute atomic E-state index is 0.0557. The van der Waals surface area contributed by atoms with Gasteiger partial charge in [0, 0.05) is 12.3 Å². The van der Waals surface area contributed by atoms with Gasteiger partial charge in [0.1, 0.15) is 0 Å². The van der Waals surface area contributed by atoms with Gasteiger partial charge in [-0.25, -0.2) is 13.4 Å². The van der Waals surface area contributed by atoms with Crippen LogP contribution in [0.2, 0.25) is 0 Å². The maximum Gasteiger partial charge on any atom is 0.250 e. The highest BCUT2D eigenvalue weighted by atomic mass is 32.2. The van der Waals surface area contributed by atoms with Gasteiger partial charge in [-0.15, -0.1) is 0 Å². The molecule has 0 aromatic carbocycles. The third-order valence-corrected chi connectivity index (χ3v) is 3.27. The first kappa shape index (κ1) is 10.9. The monoisotopic (exact) mass is 216 g/mol. The Morgan fingerprint density at radius 1 is 1.50 bits per heavy atom. The average molecular weight is 216 g/mol. The third kappa shape index (κ3) is 2.41. The minimum Gasteiger partial charge on any atom is -0.481 e. The smallest absolute Gasteiger partial charge is 0.250 e. The average Bonchev–Trinajstić information content (AvgIpc) is 2.18. The first-order valence-corrected chi connectivity index (χ1v) is 5.85. The first-order chi connectivity index (χ1) is 6.60. The third-order valence-electron chi connectivity index (χ3n) is 1.57. The predicted molar refractivity (Wildman–Crippen MR) is 50.9 cm³/mol. The maximum absolute atomic E-state index is 11.5. The van der Waals surface area contributed by atoms with Gasteiger partial charge in [0.25, 0.3) is 0 Å². The summed E-state index contributed by atoms with van der Waals surface area (Å²) in [5, 5.41) is -0.168. The Morgan fingerprint density at radius 3 is 2.79 bits per heavy atom. The van der Waals surface area contributed by atoms with E-state index in [0.717, 1.165) is 0 Å². The fourth-order valence-corrected chi connectivity index (χ4v) is 2.12. The van der Waals surface area contributed by atoms with E-state index in [1.807, 2.05) is 0 Å². The first-order valence-electron chi connectivity index (χ1n) is 4.20. The number of rotatable bonds is 4. The van der Waals surface area contributed by atoms with Crippen molar-refractivity contribution in [2.75, 3.05) is 12.9 Å². The van der Waals surface area contributed by atoms with Gasteiger partial charge < -0.3 is 4.74 Å². The lowest BCUT2D eigenvalue weighted by molar-refractivity contribution is 0.391. The minimum atomic E-state index is -3.35. The van der Waals surface area contributed by atoms with Gasteiger partial charge in [-0.1, -0.05) is 6.92 Å². The van der Waals surface area contributed by atoms with Crippen LogP contribution in [0.1, 0.15) is 13.3 Å².